The third-order valence-electron chi connectivity index (χ3n) is 3.84. The number of nitrogens with zero attached hydrogens (tertiary/aromatic N) is 1. The lowest BCUT2D eigenvalue weighted by Gasteiger charge is -2.21. The van der Waals surface area contributed by atoms with Gasteiger partial charge in [-0.15, -0.1) is 0 Å². The summed E-state index contributed by atoms with van der Waals surface area (Å²) in [5.41, 5.74) is 1.21. The molecule has 1 rings (SSSR count). The first kappa shape index (κ1) is 19.6. The van der Waals surface area contributed by atoms with E-state index in [-0.39, 0.29) is 0 Å². The fraction of sp³-hybridized carbons (Fsp3) is 0.611. The monoisotopic (exact) mass is 338 g/mol. The zero-order valence-corrected chi connectivity index (χ0v) is 15.7. The summed E-state index contributed by atoms with van der Waals surface area (Å²) >= 11 is 5.43. The number of ether oxygens (including phenoxy) is 2. The highest BCUT2D eigenvalue weighted by molar-refractivity contribution is 7.80. The van der Waals surface area contributed by atoms with Crippen LogP contribution in [-0.4, -0.2) is 44.4 Å². The van der Waals surface area contributed by atoms with Gasteiger partial charge in [-0.1, -0.05) is 32.3 Å². The molecule has 0 aliphatic heterocycles. The van der Waals surface area contributed by atoms with Crippen LogP contribution in [0.15, 0.2) is 18.2 Å². The van der Waals surface area contributed by atoms with Gasteiger partial charge >= 0.3 is 0 Å². The Labute approximate surface area is 146 Å². The Bertz CT molecular complexity index is 480. The van der Waals surface area contributed by atoms with Crippen molar-refractivity contribution in [3.8, 4) is 11.5 Å². The van der Waals surface area contributed by atoms with Crippen LogP contribution in [0.1, 0.15) is 38.2 Å². The van der Waals surface area contributed by atoms with Gasteiger partial charge in [-0.25, -0.2) is 0 Å². The van der Waals surface area contributed by atoms with Gasteiger partial charge in [0.2, 0.25) is 0 Å². The van der Waals surface area contributed by atoms with Crippen LogP contribution in [0.4, 0.5) is 0 Å². The molecule has 0 spiro atoms. The maximum absolute atomic E-state index is 5.43. The molecule has 0 unspecified atom stereocenters. The average Bonchev–Trinajstić information content (AvgIpc) is 2.58. The first-order chi connectivity index (χ1) is 11.1. The van der Waals surface area contributed by atoms with E-state index in [1.165, 1.54) is 31.2 Å². The highest BCUT2D eigenvalue weighted by atomic mass is 32.1. The molecule has 1 aromatic carbocycles. The lowest BCUT2D eigenvalue weighted by molar-refractivity contribution is 0.354. The van der Waals surface area contributed by atoms with E-state index in [0.717, 1.165) is 36.1 Å². The second-order valence-electron chi connectivity index (χ2n) is 5.65. The number of rotatable bonds is 10. The van der Waals surface area contributed by atoms with Crippen LogP contribution in [0.5, 0.6) is 11.5 Å². The number of methoxy groups -OCH3 is 2. The standard InChI is InChI=1S/C18H30N2O2S/c1-5-6-7-8-12-19-18(23)20(2)13-11-15-9-10-16(21-3)17(14-15)22-4/h9-10,14H,5-8,11-13H2,1-4H3,(H,19,23). The number of thiocarbonyl (C=S) groups is 1. The fourth-order valence-corrected chi connectivity index (χ4v) is 2.51. The Morgan fingerprint density at radius 1 is 1.13 bits per heavy atom. The topological polar surface area (TPSA) is 33.7 Å². The van der Waals surface area contributed by atoms with Crippen molar-refractivity contribution in [2.24, 2.45) is 0 Å². The summed E-state index contributed by atoms with van der Waals surface area (Å²) in [6, 6.07) is 6.03. The highest BCUT2D eigenvalue weighted by Crippen LogP contribution is 2.27. The van der Waals surface area contributed by atoms with E-state index in [1.54, 1.807) is 14.2 Å². The Kier molecular flexibility index (Phi) is 9.45. The molecule has 0 saturated carbocycles. The minimum Gasteiger partial charge on any atom is -0.493 e. The molecule has 1 aromatic rings. The van der Waals surface area contributed by atoms with E-state index in [2.05, 4.69) is 23.2 Å². The molecular weight excluding hydrogens is 308 g/mol. The van der Waals surface area contributed by atoms with Crippen LogP contribution in [0.3, 0.4) is 0 Å². The van der Waals surface area contributed by atoms with E-state index in [0.29, 0.717) is 0 Å². The van der Waals surface area contributed by atoms with Crippen molar-refractivity contribution in [1.29, 1.82) is 0 Å². The molecule has 0 heterocycles. The second-order valence-corrected chi connectivity index (χ2v) is 6.04. The van der Waals surface area contributed by atoms with Crippen molar-refractivity contribution >= 4 is 17.3 Å². The molecule has 4 nitrogen and oxygen atoms in total. The molecule has 0 aromatic heterocycles. The molecule has 0 radical (unpaired) electrons. The van der Waals surface area contributed by atoms with E-state index in [4.69, 9.17) is 21.7 Å². The molecule has 1 N–H and O–H groups in total. The smallest absolute Gasteiger partial charge is 0.168 e. The summed E-state index contributed by atoms with van der Waals surface area (Å²) in [5.74, 6) is 1.53. The van der Waals surface area contributed by atoms with Gasteiger partial charge in [0.15, 0.2) is 16.6 Å². The number of likely N-dealkylation sites (N-methyl/N-ethyl adjacent to an activating group) is 1. The molecule has 0 atom stereocenters. The van der Waals surface area contributed by atoms with Crippen molar-refractivity contribution in [2.75, 3.05) is 34.4 Å². The Balaban J connectivity index is 2.37. The van der Waals surface area contributed by atoms with Crippen molar-refractivity contribution < 1.29 is 9.47 Å². The van der Waals surface area contributed by atoms with Gasteiger partial charge in [-0.3, -0.25) is 0 Å². The molecule has 0 bridgehead atoms. The number of nitrogens with one attached hydrogen (secondary N) is 1. The summed E-state index contributed by atoms with van der Waals surface area (Å²) < 4.78 is 10.6. The van der Waals surface area contributed by atoms with Gasteiger partial charge in [0.25, 0.3) is 0 Å². The first-order valence-electron chi connectivity index (χ1n) is 8.32. The molecule has 0 fully saturated rings. The van der Waals surface area contributed by atoms with Gasteiger partial charge < -0.3 is 19.7 Å². The van der Waals surface area contributed by atoms with Crippen LogP contribution < -0.4 is 14.8 Å². The van der Waals surface area contributed by atoms with Crippen LogP contribution >= 0.6 is 12.2 Å². The minimum absolute atomic E-state index is 0.758. The quantitative estimate of drug-likeness (QED) is 0.520. The highest BCUT2D eigenvalue weighted by Gasteiger charge is 2.07. The molecule has 0 saturated heterocycles. The van der Waals surface area contributed by atoms with Crippen LogP contribution in [0, 0.1) is 0 Å². The summed E-state index contributed by atoms with van der Waals surface area (Å²) in [6.45, 7) is 4.05. The van der Waals surface area contributed by atoms with Crippen molar-refractivity contribution in [1.82, 2.24) is 10.2 Å². The van der Waals surface area contributed by atoms with Crippen molar-refractivity contribution in [3.63, 3.8) is 0 Å². The maximum atomic E-state index is 5.43. The molecule has 0 amide bonds. The lowest BCUT2D eigenvalue weighted by Crippen LogP contribution is -2.38. The van der Waals surface area contributed by atoms with Gasteiger partial charge in [-0.05, 0) is 42.8 Å². The molecule has 0 aliphatic carbocycles. The predicted octanol–water partition coefficient (Wildman–Crippen LogP) is 3.63. The minimum atomic E-state index is 0.758. The summed E-state index contributed by atoms with van der Waals surface area (Å²) in [6.07, 6.45) is 5.91. The Morgan fingerprint density at radius 2 is 1.87 bits per heavy atom. The van der Waals surface area contributed by atoms with E-state index < -0.39 is 0 Å². The predicted molar refractivity (Wildman–Crippen MR) is 101 cm³/mol. The Hall–Kier alpha value is -1.49. The van der Waals surface area contributed by atoms with E-state index >= 15 is 0 Å². The average molecular weight is 339 g/mol. The molecule has 23 heavy (non-hydrogen) atoms. The third-order valence-corrected chi connectivity index (χ3v) is 4.29. The second kappa shape index (κ2) is 11.1. The van der Waals surface area contributed by atoms with E-state index in [1.807, 2.05) is 19.2 Å². The number of unbranched alkanes of at least 4 members (excludes halogenated alkanes) is 3. The third kappa shape index (κ3) is 7.08. The molecule has 0 aliphatic rings. The number of hydrogen-bond acceptors (Lipinski definition) is 3. The van der Waals surface area contributed by atoms with Gasteiger partial charge in [0.05, 0.1) is 14.2 Å². The molecule has 130 valence electrons. The van der Waals surface area contributed by atoms with Gasteiger partial charge in [0.1, 0.15) is 0 Å². The summed E-state index contributed by atoms with van der Waals surface area (Å²) in [5, 5.41) is 4.15. The molecule has 5 heteroatoms. The zero-order valence-electron chi connectivity index (χ0n) is 14.9. The van der Waals surface area contributed by atoms with E-state index in [9.17, 15) is 0 Å². The largest absolute Gasteiger partial charge is 0.493 e. The normalized spacial score (nSPS) is 10.3. The fourth-order valence-electron chi connectivity index (χ4n) is 2.32. The van der Waals surface area contributed by atoms with Crippen LogP contribution in [0.25, 0.3) is 0 Å². The van der Waals surface area contributed by atoms with Gasteiger partial charge in [0, 0.05) is 20.1 Å². The van der Waals surface area contributed by atoms with Crippen molar-refractivity contribution in [3.05, 3.63) is 23.8 Å². The first-order valence-corrected chi connectivity index (χ1v) is 8.73. The Morgan fingerprint density at radius 3 is 2.52 bits per heavy atom. The van der Waals surface area contributed by atoms with Crippen LogP contribution in [0.2, 0.25) is 0 Å². The maximum Gasteiger partial charge on any atom is 0.168 e. The number of hydrogen-bond donors (Lipinski definition) is 1. The lowest BCUT2D eigenvalue weighted by atomic mass is 10.1. The molecular formula is C18H30N2O2S. The summed E-state index contributed by atoms with van der Waals surface area (Å²) in [7, 11) is 5.34. The van der Waals surface area contributed by atoms with Gasteiger partial charge in [-0.2, -0.15) is 0 Å². The SMILES string of the molecule is CCCCCCNC(=S)N(C)CCc1ccc(OC)c(OC)c1. The number of benzene rings is 1. The zero-order chi connectivity index (χ0) is 17.1. The van der Waals surface area contributed by atoms with Crippen molar-refractivity contribution in [2.45, 2.75) is 39.0 Å². The summed E-state index contributed by atoms with van der Waals surface area (Å²) in [4.78, 5) is 2.09. The van der Waals surface area contributed by atoms with Crippen LogP contribution in [-0.2, 0) is 6.42 Å².